The van der Waals surface area contributed by atoms with Crippen molar-refractivity contribution in [1.29, 1.82) is 0 Å². The minimum absolute atomic E-state index is 0.134. The number of aromatic nitrogens is 2. The molecule has 3 rings (SSSR count). The van der Waals surface area contributed by atoms with Crippen molar-refractivity contribution in [1.82, 2.24) is 15.1 Å². The minimum atomic E-state index is 0.134. The van der Waals surface area contributed by atoms with E-state index >= 15 is 0 Å². The highest BCUT2D eigenvalue weighted by atomic mass is 32.1. The van der Waals surface area contributed by atoms with Crippen molar-refractivity contribution < 1.29 is 13.9 Å². The average molecular weight is 335 g/mol. The smallest absolute Gasteiger partial charge is 0.248 e. The molecule has 2 aromatic rings. The van der Waals surface area contributed by atoms with Gasteiger partial charge in [-0.15, -0.1) is 10.2 Å². The number of thiophene rings is 1. The zero-order valence-corrected chi connectivity index (χ0v) is 14.1. The second-order valence-electron chi connectivity index (χ2n) is 5.67. The lowest BCUT2D eigenvalue weighted by Gasteiger charge is -2.23. The third-order valence-corrected chi connectivity index (χ3v) is 4.71. The summed E-state index contributed by atoms with van der Waals surface area (Å²) in [4.78, 5) is 14.3. The van der Waals surface area contributed by atoms with Crippen molar-refractivity contribution in [2.24, 2.45) is 5.92 Å². The van der Waals surface area contributed by atoms with E-state index in [1.165, 1.54) is 0 Å². The standard InChI is InChI=1S/C16H21N3O3S/c1-2-19(9-12-5-7-21-10-12)15(20)4-3-14-17-18-16(22-14)13-6-8-23-11-13/h6,8,11-12H,2-5,7,9-10H2,1H3. The number of carbonyl (C=O) groups is 1. The third kappa shape index (κ3) is 4.17. The fraction of sp³-hybridized carbons (Fsp3) is 0.562. The molecule has 0 bridgehead atoms. The number of hydrogen-bond donors (Lipinski definition) is 0. The summed E-state index contributed by atoms with van der Waals surface area (Å²) < 4.78 is 11.0. The zero-order chi connectivity index (χ0) is 16.1. The fourth-order valence-electron chi connectivity index (χ4n) is 2.68. The van der Waals surface area contributed by atoms with Crippen molar-refractivity contribution in [3.8, 4) is 11.5 Å². The van der Waals surface area contributed by atoms with E-state index in [9.17, 15) is 4.79 Å². The Morgan fingerprint density at radius 2 is 2.39 bits per heavy atom. The summed E-state index contributed by atoms with van der Waals surface area (Å²) in [5.74, 6) is 1.63. The first kappa shape index (κ1) is 16.1. The minimum Gasteiger partial charge on any atom is -0.421 e. The maximum absolute atomic E-state index is 12.4. The van der Waals surface area contributed by atoms with Crippen LogP contribution in [0.1, 0.15) is 25.7 Å². The Morgan fingerprint density at radius 3 is 3.09 bits per heavy atom. The molecule has 1 aliphatic heterocycles. The van der Waals surface area contributed by atoms with E-state index in [-0.39, 0.29) is 5.91 Å². The molecular weight excluding hydrogens is 314 g/mol. The van der Waals surface area contributed by atoms with Crippen LogP contribution in [0.25, 0.3) is 11.5 Å². The third-order valence-electron chi connectivity index (χ3n) is 4.02. The summed E-state index contributed by atoms with van der Waals surface area (Å²) in [6, 6.07) is 1.94. The van der Waals surface area contributed by atoms with Crippen molar-refractivity contribution in [2.75, 3.05) is 26.3 Å². The van der Waals surface area contributed by atoms with Crippen LogP contribution < -0.4 is 0 Å². The first-order valence-corrected chi connectivity index (χ1v) is 8.91. The molecule has 1 saturated heterocycles. The van der Waals surface area contributed by atoms with Gasteiger partial charge >= 0.3 is 0 Å². The SMILES string of the molecule is CCN(CC1CCOC1)C(=O)CCc1nnc(-c2ccsc2)o1. The monoisotopic (exact) mass is 335 g/mol. The number of rotatable bonds is 7. The second-order valence-corrected chi connectivity index (χ2v) is 6.46. The van der Waals surface area contributed by atoms with E-state index in [0.29, 0.717) is 30.5 Å². The van der Waals surface area contributed by atoms with Crippen LogP contribution in [0.2, 0.25) is 0 Å². The van der Waals surface area contributed by atoms with E-state index in [4.69, 9.17) is 9.15 Å². The van der Waals surface area contributed by atoms with E-state index in [1.54, 1.807) is 11.3 Å². The molecule has 0 aromatic carbocycles. The Hall–Kier alpha value is -1.73. The van der Waals surface area contributed by atoms with E-state index in [1.807, 2.05) is 28.7 Å². The van der Waals surface area contributed by atoms with Crippen molar-refractivity contribution in [3.05, 3.63) is 22.7 Å². The van der Waals surface area contributed by atoms with Gasteiger partial charge in [-0.2, -0.15) is 11.3 Å². The zero-order valence-electron chi connectivity index (χ0n) is 13.2. The average Bonchev–Trinajstić information content (AvgIpc) is 3.32. The van der Waals surface area contributed by atoms with Crippen LogP contribution in [0.4, 0.5) is 0 Å². The van der Waals surface area contributed by atoms with Gasteiger partial charge in [-0.1, -0.05) is 0 Å². The molecule has 0 N–H and O–H groups in total. The van der Waals surface area contributed by atoms with Gasteiger partial charge in [0.15, 0.2) is 0 Å². The summed E-state index contributed by atoms with van der Waals surface area (Å²) in [5, 5.41) is 12.0. The van der Waals surface area contributed by atoms with Crippen molar-refractivity contribution in [2.45, 2.75) is 26.2 Å². The van der Waals surface area contributed by atoms with Gasteiger partial charge in [-0.3, -0.25) is 4.79 Å². The first-order valence-electron chi connectivity index (χ1n) is 7.96. The van der Waals surface area contributed by atoms with Gasteiger partial charge in [-0.05, 0) is 24.8 Å². The van der Waals surface area contributed by atoms with Crippen LogP contribution in [0.3, 0.4) is 0 Å². The first-order chi connectivity index (χ1) is 11.3. The highest BCUT2D eigenvalue weighted by Gasteiger charge is 2.21. The van der Waals surface area contributed by atoms with Crippen molar-refractivity contribution >= 4 is 17.2 Å². The normalized spacial score (nSPS) is 17.5. The predicted molar refractivity (Wildman–Crippen MR) is 87.1 cm³/mol. The topological polar surface area (TPSA) is 68.5 Å². The van der Waals surface area contributed by atoms with Crippen LogP contribution in [0.5, 0.6) is 0 Å². The summed E-state index contributed by atoms with van der Waals surface area (Å²) in [7, 11) is 0. The molecule has 1 aliphatic rings. The second kappa shape index (κ2) is 7.70. The maximum atomic E-state index is 12.4. The molecule has 124 valence electrons. The molecule has 0 aliphatic carbocycles. The summed E-state index contributed by atoms with van der Waals surface area (Å²) in [6.45, 7) is 5.08. The molecule has 1 amide bonds. The van der Waals surface area contributed by atoms with Crippen LogP contribution in [0, 0.1) is 5.92 Å². The van der Waals surface area contributed by atoms with Gasteiger partial charge in [0, 0.05) is 49.4 Å². The van der Waals surface area contributed by atoms with Gasteiger partial charge in [0.25, 0.3) is 0 Å². The lowest BCUT2D eigenvalue weighted by atomic mass is 10.1. The van der Waals surface area contributed by atoms with Crippen molar-refractivity contribution in [3.63, 3.8) is 0 Å². The number of aryl methyl sites for hydroxylation is 1. The quantitative estimate of drug-likeness (QED) is 0.778. The predicted octanol–water partition coefficient (Wildman–Crippen LogP) is 2.62. The lowest BCUT2D eigenvalue weighted by molar-refractivity contribution is -0.131. The summed E-state index contributed by atoms with van der Waals surface area (Å²) in [5.41, 5.74) is 0.927. The molecular formula is C16H21N3O3S. The number of amides is 1. The van der Waals surface area contributed by atoms with Gasteiger partial charge in [0.2, 0.25) is 17.7 Å². The van der Waals surface area contributed by atoms with Gasteiger partial charge in [0.05, 0.1) is 6.61 Å². The van der Waals surface area contributed by atoms with Crippen LogP contribution in [0.15, 0.2) is 21.2 Å². The highest BCUT2D eigenvalue weighted by Crippen LogP contribution is 2.21. The molecule has 6 nitrogen and oxygen atoms in total. The molecule has 0 saturated carbocycles. The van der Waals surface area contributed by atoms with Crippen LogP contribution in [-0.2, 0) is 16.0 Å². The van der Waals surface area contributed by atoms with Gasteiger partial charge in [-0.25, -0.2) is 0 Å². The highest BCUT2D eigenvalue weighted by molar-refractivity contribution is 7.08. The van der Waals surface area contributed by atoms with Crippen LogP contribution >= 0.6 is 11.3 Å². The number of hydrogen-bond acceptors (Lipinski definition) is 6. The number of ether oxygens (including phenoxy) is 1. The Bertz CT molecular complexity index is 620. The molecule has 7 heteroatoms. The van der Waals surface area contributed by atoms with E-state index < -0.39 is 0 Å². The fourth-order valence-corrected chi connectivity index (χ4v) is 3.31. The Morgan fingerprint density at radius 1 is 1.48 bits per heavy atom. The summed E-state index contributed by atoms with van der Waals surface area (Å²) >= 11 is 1.59. The molecule has 23 heavy (non-hydrogen) atoms. The molecule has 1 atom stereocenters. The summed E-state index contributed by atoms with van der Waals surface area (Å²) in [6.07, 6.45) is 1.91. The number of carbonyl (C=O) groups excluding carboxylic acids is 1. The van der Waals surface area contributed by atoms with Crippen LogP contribution in [-0.4, -0.2) is 47.3 Å². The Labute approximate surface area is 139 Å². The number of nitrogens with zero attached hydrogens (tertiary/aromatic N) is 3. The van der Waals surface area contributed by atoms with E-state index in [2.05, 4.69) is 10.2 Å². The molecule has 0 radical (unpaired) electrons. The maximum Gasteiger partial charge on any atom is 0.248 e. The molecule has 1 fully saturated rings. The molecule has 0 spiro atoms. The molecule has 2 aromatic heterocycles. The lowest BCUT2D eigenvalue weighted by Crippen LogP contribution is -2.35. The van der Waals surface area contributed by atoms with E-state index in [0.717, 1.165) is 38.3 Å². The van der Waals surface area contributed by atoms with Gasteiger partial charge in [0.1, 0.15) is 0 Å². The largest absolute Gasteiger partial charge is 0.421 e. The molecule has 3 heterocycles. The Balaban J connectivity index is 1.51. The molecule has 1 unspecified atom stereocenters. The Kier molecular flexibility index (Phi) is 5.40. The van der Waals surface area contributed by atoms with Gasteiger partial charge < -0.3 is 14.1 Å².